The first-order valence-electron chi connectivity index (χ1n) is 8.49. The lowest BCUT2D eigenvalue weighted by Gasteiger charge is -2.13. The molecule has 0 bridgehead atoms. The number of sulfonamides is 1. The van der Waals surface area contributed by atoms with Gasteiger partial charge in [0.1, 0.15) is 10.7 Å². The molecular formula is C20H15N3O3S3. The Bertz CT molecular complexity index is 1230. The lowest BCUT2D eigenvalue weighted by Crippen LogP contribution is -2.17. The molecule has 2 N–H and O–H groups in total. The van der Waals surface area contributed by atoms with Gasteiger partial charge in [-0.05, 0) is 35.7 Å². The second-order valence-electron chi connectivity index (χ2n) is 5.97. The normalized spacial score (nSPS) is 11.2. The largest absolute Gasteiger partial charge is 0.319 e. The third kappa shape index (κ3) is 4.37. The summed E-state index contributed by atoms with van der Waals surface area (Å²) >= 11 is 2.94. The van der Waals surface area contributed by atoms with E-state index in [1.165, 1.54) is 23.5 Å². The van der Waals surface area contributed by atoms with Gasteiger partial charge >= 0.3 is 0 Å². The molecule has 0 aliphatic carbocycles. The molecule has 0 aliphatic heterocycles. The van der Waals surface area contributed by atoms with Crippen LogP contribution in [-0.4, -0.2) is 19.3 Å². The summed E-state index contributed by atoms with van der Waals surface area (Å²) in [6.07, 6.45) is 0. The first kappa shape index (κ1) is 19.3. The molecule has 0 saturated heterocycles. The average molecular weight is 442 g/mol. The number of hydrogen-bond donors (Lipinski definition) is 2. The van der Waals surface area contributed by atoms with Crippen molar-refractivity contribution in [2.75, 3.05) is 10.0 Å². The van der Waals surface area contributed by atoms with Gasteiger partial charge in [-0.2, -0.15) is 11.3 Å². The minimum atomic E-state index is -3.78. The molecule has 2 aromatic carbocycles. The number of carbonyl (C=O) groups excluding carboxylic acids is 1. The summed E-state index contributed by atoms with van der Waals surface area (Å²) in [5.41, 5.74) is 1.87. The topological polar surface area (TPSA) is 88.2 Å². The highest BCUT2D eigenvalue weighted by molar-refractivity contribution is 7.92. The number of hydrogen-bond acceptors (Lipinski definition) is 6. The SMILES string of the molecule is O=C(Nc1ccccc1NS(=O)(=O)c1ccccc1)c1csc(-c2ccsc2)n1. The molecule has 4 rings (SSSR count). The van der Waals surface area contributed by atoms with Gasteiger partial charge in [0.2, 0.25) is 0 Å². The molecule has 0 atom stereocenters. The smallest absolute Gasteiger partial charge is 0.275 e. The number of aromatic nitrogens is 1. The molecule has 0 unspecified atom stereocenters. The van der Waals surface area contributed by atoms with Gasteiger partial charge in [-0.3, -0.25) is 9.52 Å². The van der Waals surface area contributed by atoms with Crippen molar-refractivity contribution < 1.29 is 13.2 Å². The molecule has 2 heterocycles. The molecule has 4 aromatic rings. The Hall–Kier alpha value is -3.01. The number of nitrogens with zero attached hydrogens (tertiary/aromatic N) is 1. The number of amides is 1. The van der Waals surface area contributed by atoms with Crippen molar-refractivity contribution in [3.63, 3.8) is 0 Å². The van der Waals surface area contributed by atoms with Crippen molar-refractivity contribution in [2.45, 2.75) is 4.90 Å². The van der Waals surface area contributed by atoms with E-state index in [4.69, 9.17) is 0 Å². The third-order valence-corrected chi connectivity index (χ3v) is 6.93. The minimum absolute atomic E-state index is 0.140. The first-order chi connectivity index (χ1) is 14.0. The van der Waals surface area contributed by atoms with Crippen LogP contribution in [0.5, 0.6) is 0 Å². The van der Waals surface area contributed by atoms with Crippen LogP contribution in [0.25, 0.3) is 10.6 Å². The maximum atomic E-state index is 12.6. The molecule has 1 amide bonds. The lowest BCUT2D eigenvalue weighted by molar-refractivity contribution is 0.102. The lowest BCUT2D eigenvalue weighted by atomic mass is 10.2. The fourth-order valence-electron chi connectivity index (χ4n) is 2.57. The van der Waals surface area contributed by atoms with Crippen LogP contribution in [0.2, 0.25) is 0 Å². The van der Waals surface area contributed by atoms with Gasteiger partial charge in [0.25, 0.3) is 15.9 Å². The molecule has 146 valence electrons. The predicted molar refractivity (Wildman–Crippen MR) is 117 cm³/mol. The fourth-order valence-corrected chi connectivity index (χ4v) is 5.18. The standard InChI is InChI=1S/C20H15N3O3S3/c24-19(18-13-28-20(22-18)14-10-11-27-12-14)21-16-8-4-5-9-17(16)23-29(25,26)15-6-2-1-3-7-15/h1-13,23H,(H,21,24). The van der Waals surface area contributed by atoms with E-state index in [1.807, 2.05) is 16.8 Å². The molecule has 0 spiro atoms. The Labute approximate surface area is 175 Å². The molecule has 0 fully saturated rings. The highest BCUT2D eigenvalue weighted by Crippen LogP contribution is 2.28. The van der Waals surface area contributed by atoms with Crippen molar-refractivity contribution in [1.29, 1.82) is 0 Å². The Morgan fingerprint density at radius 3 is 2.34 bits per heavy atom. The van der Waals surface area contributed by atoms with Gasteiger partial charge < -0.3 is 5.32 Å². The van der Waals surface area contributed by atoms with E-state index in [1.54, 1.807) is 59.2 Å². The summed E-state index contributed by atoms with van der Waals surface area (Å²) in [6.45, 7) is 0. The van der Waals surface area contributed by atoms with Crippen molar-refractivity contribution in [3.8, 4) is 10.6 Å². The van der Waals surface area contributed by atoms with Crippen LogP contribution in [0.15, 0.2) is 81.7 Å². The van der Waals surface area contributed by atoms with Gasteiger partial charge in [0.15, 0.2) is 0 Å². The predicted octanol–water partition coefficient (Wildman–Crippen LogP) is 4.92. The first-order valence-corrected chi connectivity index (χ1v) is 11.8. The van der Waals surface area contributed by atoms with Crippen LogP contribution in [0.3, 0.4) is 0 Å². The molecule has 9 heteroatoms. The van der Waals surface area contributed by atoms with E-state index < -0.39 is 15.9 Å². The number of rotatable bonds is 6. The zero-order valence-electron chi connectivity index (χ0n) is 14.9. The zero-order chi connectivity index (χ0) is 20.3. The highest BCUT2D eigenvalue weighted by Gasteiger charge is 2.18. The average Bonchev–Trinajstić information content (AvgIpc) is 3.42. The van der Waals surface area contributed by atoms with Crippen molar-refractivity contribution >= 4 is 50.0 Å². The van der Waals surface area contributed by atoms with Gasteiger partial charge in [0.05, 0.1) is 16.3 Å². The highest BCUT2D eigenvalue weighted by atomic mass is 32.2. The molecule has 2 aromatic heterocycles. The Kier molecular flexibility index (Phi) is 5.43. The van der Waals surface area contributed by atoms with E-state index in [-0.39, 0.29) is 16.3 Å². The Balaban J connectivity index is 1.55. The fraction of sp³-hybridized carbons (Fsp3) is 0. The molecular weight excluding hydrogens is 426 g/mol. The van der Waals surface area contributed by atoms with Crippen LogP contribution in [0, 0.1) is 0 Å². The van der Waals surface area contributed by atoms with Crippen molar-refractivity contribution in [1.82, 2.24) is 4.98 Å². The molecule has 0 saturated carbocycles. The summed E-state index contributed by atoms with van der Waals surface area (Å²) in [4.78, 5) is 17.2. The zero-order valence-corrected chi connectivity index (χ0v) is 17.4. The summed E-state index contributed by atoms with van der Waals surface area (Å²) in [6, 6.07) is 16.6. The van der Waals surface area contributed by atoms with Gasteiger partial charge in [-0.15, -0.1) is 11.3 Å². The van der Waals surface area contributed by atoms with Gasteiger partial charge in [-0.1, -0.05) is 30.3 Å². The second-order valence-corrected chi connectivity index (χ2v) is 9.29. The van der Waals surface area contributed by atoms with E-state index in [0.29, 0.717) is 5.69 Å². The third-order valence-electron chi connectivity index (χ3n) is 3.98. The van der Waals surface area contributed by atoms with E-state index >= 15 is 0 Å². The van der Waals surface area contributed by atoms with Crippen LogP contribution >= 0.6 is 22.7 Å². The number of carbonyl (C=O) groups is 1. The molecule has 0 aliphatic rings. The van der Waals surface area contributed by atoms with E-state index in [9.17, 15) is 13.2 Å². The Morgan fingerprint density at radius 2 is 1.62 bits per heavy atom. The maximum Gasteiger partial charge on any atom is 0.275 e. The maximum absolute atomic E-state index is 12.6. The number of nitrogens with one attached hydrogen (secondary N) is 2. The van der Waals surface area contributed by atoms with Crippen LogP contribution < -0.4 is 10.0 Å². The van der Waals surface area contributed by atoms with Crippen molar-refractivity contribution in [2.24, 2.45) is 0 Å². The van der Waals surface area contributed by atoms with Crippen LogP contribution in [-0.2, 0) is 10.0 Å². The van der Waals surface area contributed by atoms with Crippen LogP contribution in [0.1, 0.15) is 10.5 Å². The summed E-state index contributed by atoms with van der Waals surface area (Å²) in [5.74, 6) is -0.408. The number of benzene rings is 2. The van der Waals surface area contributed by atoms with Crippen molar-refractivity contribution in [3.05, 3.63) is 82.5 Å². The monoisotopic (exact) mass is 441 g/mol. The number of anilines is 2. The molecule has 0 radical (unpaired) electrons. The summed E-state index contributed by atoms with van der Waals surface area (Å²) in [7, 11) is -3.78. The quantitative estimate of drug-likeness (QED) is 0.444. The van der Waals surface area contributed by atoms with Gasteiger partial charge in [0, 0.05) is 16.3 Å². The number of thiophene rings is 1. The van der Waals surface area contributed by atoms with E-state index in [0.717, 1.165) is 10.6 Å². The number of para-hydroxylation sites is 2. The molecule has 29 heavy (non-hydrogen) atoms. The Morgan fingerprint density at radius 1 is 0.897 bits per heavy atom. The summed E-state index contributed by atoms with van der Waals surface area (Å²) in [5, 5.41) is 9.10. The van der Waals surface area contributed by atoms with Crippen LogP contribution in [0.4, 0.5) is 11.4 Å². The number of thiazole rings is 1. The van der Waals surface area contributed by atoms with E-state index in [2.05, 4.69) is 15.0 Å². The summed E-state index contributed by atoms with van der Waals surface area (Å²) < 4.78 is 27.8. The second kappa shape index (κ2) is 8.16. The minimum Gasteiger partial charge on any atom is -0.319 e. The van der Waals surface area contributed by atoms with Gasteiger partial charge in [-0.25, -0.2) is 13.4 Å². The molecule has 6 nitrogen and oxygen atoms in total.